The summed E-state index contributed by atoms with van der Waals surface area (Å²) in [6.45, 7) is 40.6. The maximum absolute atomic E-state index is 10.6. The van der Waals surface area contributed by atoms with Crippen molar-refractivity contribution in [3.8, 4) is 0 Å². The molecule has 0 aliphatic rings. The van der Waals surface area contributed by atoms with E-state index in [1.165, 1.54) is 30.9 Å². The molecule has 24 heteroatoms. The first-order valence-corrected chi connectivity index (χ1v) is 21.6. The molecule has 6 rings (SSSR count). The smallest absolute Gasteiger partial charge is 0.307 e. The van der Waals surface area contributed by atoms with Gasteiger partial charge in [-0.1, -0.05) is 66.2 Å². The molecular formula is C47H84N18O6. The van der Waals surface area contributed by atoms with E-state index in [0.29, 0.717) is 39.0 Å². The Morgan fingerprint density at radius 2 is 0.648 bits per heavy atom. The van der Waals surface area contributed by atoms with Gasteiger partial charge in [-0.3, -0.25) is 37.7 Å². The number of aromatic nitrogens is 18. The van der Waals surface area contributed by atoms with E-state index in [1.54, 1.807) is 121 Å². The summed E-state index contributed by atoms with van der Waals surface area (Å²) >= 11 is 0. The fraction of sp³-hybridized carbons (Fsp3) is 0.447. The van der Waals surface area contributed by atoms with Crippen LogP contribution in [-0.2, 0) is 59.3 Å². The van der Waals surface area contributed by atoms with Crippen LogP contribution in [0.4, 0.5) is 0 Å². The number of aliphatic hydroxyl groups is 2. The molecule has 0 saturated heterocycles. The molecule has 0 saturated carbocycles. The second kappa shape index (κ2) is 60.2. The number of hydrogen-bond acceptors (Lipinski definition) is 18. The number of esters is 2. The van der Waals surface area contributed by atoms with Gasteiger partial charge < -0.3 is 19.7 Å². The van der Waals surface area contributed by atoms with Crippen LogP contribution in [0.15, 0.2) is 149 Å². The topological polar surface area (TPSA) is 277 Å². The number of ether oxygens (including phenoxy) is 2. The van der Waals surface area contributed by atoms with Crippen molar-refractivity contribution in [2.45, 2.75) is 101 Å². The van der Waals surface area contributed by atoms with E-state index in [-0.39, 0.29) is 25.2 Å². The van der Waals surface area contributed by atoms with Crippen LogP contribution < -0.4 is 0 Å². The van der Waals surface area contributed by atoms with Crippen LogP contribution in [0.3, 0.4) is 0 Å². The molecule has 6 aromatic heterocycles. The zero-order chi connectivity index (χ0) is 55.5. The molecule has 24 nitrogen and oxygen atoms in total. The van der Waals surface area contributed by atoms with Gasteiger partial charge in [-0.05, 0) is 62.3 Å². The Balaban J connectivity index is -0.000000167. The van der Waals surface area contributed by atoms with Crippen molar-refractivity contribution in [1.82, 2.24) is 90.0 Å². The van der Waals surface area contributed by atoms with Crippen molar-refractivity contribution in [3.05, 3.63) is 149 Å². The monoisotopic (exact) mass is 997 g/mol. The lowest BCUT2D eigenvalue weighted by molar-refractivity contribution is -0.141. The molecule has 0 aliphatic heterocycles. The molecule has 0 bridgehead atoms. The van der Waals surface area contributed by atoms with E-state index < -0.39 is 0 Å². The van der Waals surface area contributed by atoms with Crippen molar-refractivity contribution in [1.29, 1.82) is 0 Å². The van der Waals surface area contributed by atoms with E-state index in [4.69, 9.17) is 10.2 Å². The number of aryl methyl sites for hydroxylation is 4. The summed E-state index contributed by atoms with van der Waals surface area (Å²) in [6, 6.07) is 0. The molecule has 71 heavy (non-hydrogen) atoms. The second-order valence-corrected chi connectivity index (χ2v) is 13.8. The summed E-state index contributed by atoms with van der Waals surface area (Å²) in [5, 5.41) is 59.8. The van der Waals surface area contributed by atoms with Crippen molar-refractivity contribution >= 4 is 11.9 Å². The lowest BCUT2D eigenvalue weighted by Crippen LogP contribution is -2.07. The maximum Gasteiger partial charge on any atom is 0.307 e. The van der Waals surface area contributed by atoms with Gasteiger partial charge >= 0.3 is 11.9 Å². The lowest BCUT2D eigenvalue weighted by atomic mass is 10.4. The number of allylic oxidation sites excluding steroid dienone is 6. The summed E-state index contributed by atoms with van der Waals surface area (Å²) in [6.07, 6.45) is 25.8. The van der Waals surface area contributed by atoms with Crippen LogP contribution in [0, 0.1) is 0 Å². The summed E-state index contributed by atoms with van der Waals surface area (Å²) in [5.74, 6) is -0.471. The van der Waals surface area contributed by atoms with Crippen LogP contribution in [0.2, 0.25) is 0 Å². The van der Waals surface area contributed by atoms with Gasteiger partial charge in [0, 0.05) is 51.3 Å². The first kappa shape index (κ1) is 74.7. The molecule has 6 aromatic rings. The number of hydrogen-bond donors (Lipinski definition) is 2. The Morgan fingerprint density at radius 1 is 0.451 bits per heavy atom. The van der Waals surface area contributed by atoms with Crippen LogP contribution >= 0.6 is 0 Å². The van der Waals surface area contributed by atoms with Gasteiger partial charge in [0.1, 0.15) is 0 Å². The van der Waals surface area contributed by atoms with Crippen LogP contribution in [0.5, 0.6) is 0 Å². The third-order valence-corrected chi connectivity index (χ3v) is 5.17. The number of aliphatic hydroxyl groups excluding tert-OH is 2. The van der Waals surface area contributed by atoms with E-state index in [1.807, 2.05) is 76.4 Å². The van der Waals surface area contributed by atoms with Crippen molar-refractivity contribution in [2.24, 2.45) is 14.1 Å². The molecule has 6 heterocycles. The van der Waals surface area contributed by atoms with Crippen LogP contribution in [0.25, 0.3) is 0 Å². The minimum Gasteiger partial charge on any atom is -0.469 e. The van der Waals surface area contributed by atoms with Crippen molar-refractivity contribution < 1.29 is 29.3 Å². The Kier molecular flexibility index (Phi) is 63.3. The molecule has 0 unspecified atom stereocenters. The molecule has 0 fully saturated rings. The van der Waals surface area contributed by atoms with Gasteiger partial charge in [-0.25, -0.2) is 0 Å². The Hall–Kier alpha value is -7.86. The normalized spacial score (nSPS) is 8.27. The SMILES string of the molecule is C=C(C)C.C=C(C)C.C=C(C)C.C=CC.C=CC.C=CC.COC(=O)CCn1ccnn1.COC(=O)CCn1ccnn1.Cn1ccnn1.Cn1ccnn1.OCCn1ccnn1.OCCn1ccnn1. The molecule has 0 spiro atoms. The first-order valence-electron chi connectivity index (χ1n) is 21.6. The first-order chi connectivity index (χ1) is 33.7. The molecule has 0 atom stereocenters. The van der Waals surface area contributed by atoms with E-state index in [9.17, 15) is 9.59 Å². The van der Waals surface area contributed by atoms with Crippen molar-refractivity contribution in [2.75, 3.05) is 27.4 Å². The Morgan fingerprint density at radius 3 is 0.775 bits per heavy atom. The Bertz CT molecular complexity index is 1830. The van der Waals surface area contributed by atoms with Gasteiger partial charge in [0.25, 0.3) is 0 Å². The van der Waals surface area contributed by atoms with Gasteiger partial charge in [0.2, 0.25) is 0 Å². The average molecular weight is 997 g/mol. The van der Waals surface area contributed by atoms with Gasteiger partial charge in [0.15, 0.2) is 0 Å². The molecule has 0 aliphatic carbocycles. The van der Waals surface area contributed by atoms with Gasteiger partial charge in [-0.15, -0.1) is 70.1 Å². The predicted molar refractivity (Wildman–Crippen MR) is 279 cm³/mol. The van der Waals surface area contributed by atoms with Gasteiger partial charge in [-0.2, -0.15) is 0 Å². The van der Waals surface area contributed by atoms with E-state index >= 15 is 0 Å². The quantitative estimate of drug-likeness (QED) is 0.114. The minimum absolute atomic E-state index is 0.114. The molecular weight excluding hydrogens is 913 g/mol. The number of rotatable bonds is 10. The summed E-state index contributed by atoms with van der Waals surface area (Å²) < 4.78 is 18.5. The third-order valence-electron chi connectivity index (χ3n) is 5.17. The standard InChI is InChI=1S/2C6H9N3O2.2C4H7N3O.3C4H8.2C3H5N3.3C3H6/c2*1-11-6(10)2-4-9-5-3-7-8-9;2*8-4-3-7-2-1-5-6-7;3*1-4(2)3;2*1-6-3-2-4-5-6;3*1-3-2/h2*3,5H,2,4H2,1H3;2*1-2,8H,3-4H2;3*1H2,2-3H3;2*2-3H,1H3;3*3H,1H2,2H3. The molecule has 0 aromatic carbocycles. The summed E-state index contributed by atoms with van der Waals surface area (Å²) in [7, 11) is 6.38. The van der Waals surface area contributed by atoms with Gasteiger partial charge in [0.05, 0.1) is 104 Å². The van der Waals surface area contributed by atoms with Crippen molar-refractivity contribution in [3.63, 3.8) is 0 Å². The highest BCUT2D eigenvalue weighted by Crippen LogP contribution is 1.90. The number of nitrogens with zero attached hydrogens (tertiary/aromatic N) is 18. The largest absolute Gasteiger partial charge is 0.469 e. The summed E-state index contributed by atoms with van der Waals surface area (Å²) in [5.41, 5.74) is 3.50. The van der Waals surface area contributed by atoms with E-state index in [2.05, 4.69) is 111 Å². The van der Waals surface area contributed by atoms with E-state index in [0.717, 1.165) is 0 Å². The van der Waals surface area contributed by atoms with Crippen LogP contribution in [0.1, 0.15) is 75.2 Å². The molecule has 0 amide bonds. The Labute approximate surface area is 421 Å². The zero-order valence-corrected chi connectivity index (χ0v) is 44.6. The number of carbonyl (C=O) groups excluding carboxylic acids is 2. The second-order valence-electron chi connectivity index (χ2n) is 13.8. The molecule has 398 valence electrons. The third kappa shape index (κ3) is 76.7. The fourth-order valence-corrected chi connectivity index (χ4v) is 2.76. The fourth-order valence-electron chi connectivity index (χ4n) is 2.76. The lowest BCUT2D eigenvalue weighted by Gasteiger charge is -1.97. The molecule has 0 radical (unpaired) electrons. The highest BCUT2D eigenvalue weighted by atomic mass is 16.5. The zero-order valence-electron chi connectivity index (χ0n) is 44.6. The average Bonchev–Trinajstić information content (AvgIpc) is 4.16. The minimum atomic E-state index is -0.236. The summed E-state index contributed by atoms with van der Waals surface area (Å²) in [4.78, 5) is 21.2. The highest BCUT2D eigenvalue weighted by Gasteiger charge is 2.00. The maximum atomic E-state index is 10.6. The highest BCUT2D eigenvalue weighted by molar-refractivity contribution is 5.69. The predicted octanol–water partition coefficient (Wildman–Crippen LogP) is 6.18. The number of carbonyl (C=O) groups is 2. The van der Waals surface area contributed by atoms with Crippen LogP contribution in [-0.4, -0.2) is 140 Å². The molecule has 2 N–H and O–H groups in total. The number of methoxy groups -OCH3 is 2.